The van der Waals surface area contributed by atoms with Gasteiger partial charge in [-0.1, -0.05) is 23.8 Å². The highest BCUT2D eigenvalue weighted by molar-refractivity contribution is 5.94. The summed E-state index contributed by atoms with van der Waals surface area (Å²) in [6, 6.07) is 17.4. The first-order valence-corrected chi connectivity index (χ1v) is 8.94. The van der Waals surface area contributed by atoms with Crippen LogP contribution in [0.25, 0.3) is 11.1 Å². The van der Waals surface area contributed by atoms with E-state index in [1.54, 1.807) is 12.3 Å². The second-order valence-corrected chi connectivity index (χ2v) is 6.74. The van der Waals surface area contributed by atoms with E-state index in [0.717, 1.165) is 28.0 Å². The molecule has 1 aromatic heterocycles. The Morgan fingerprint density at radius 3 is 2.59 bits per heavy atom. The van der Waals surface area contributed by atoms with E-state index in [1.165, 1.54) is 0 Å². The maximum Gasteiger partial charge on any atom is 0.254 e. The number of pyridine rings is 1. The Balaban J connectivity index is 1.62. The fraction of sp³-hybridized carbons (Fsp3) is 0.182. The number of aromatic nitrogens is 1. The Kier molecular flexibility index (Phi) is 4.50. The number of nitrogen functional groups attached to an aromatic ring is 1. The molecule has 0 atom stereocenters. The van der Waals surface area contributed by atoms with Crippen molar-refractivity contribution in [1.82, 2.24) is 9.88 Å². The van der Waals surface area contributed by atoms with Gasteiger partial charge in [0, 0.05) is 29.4 Å². The van der Waals surface area contributed by atoms with E-state index in [2.05, 4.69) is 11.1 Å². The van der Waals surface area contributed by atoms with Crippen molar-refractivity contribution in [3.05, 3.63) is 77.5 Å². The number of hydrogen-bond donors (Lipinski definition) is 1. The molecule has 5 heteroatoms. The van der Waals surface area contributed by atoms with Gasteiger partial charge in [-0.2, -0.15) is 0 Å². The van der Waals surface area contributed by atoms with Crippen LogP contribution in [-0.4, -0.2) is 28.9 Å². The molecule has 1 aliphatic rings. The van der Waals surface area contributed by atoms with Crippen LogP contribution in [0.3, 0.4) is 0 Å². The SMILES string of the molecule is Cc1ccc(C(=O)N2CCOc3ccc(-c4ccc(N)nc4)cc3C2)cc1. The summed E-state index contributed by atoms with van der Waals surface area (Å²) in [6.45, 7) is 3.56. The standard InChI is InChI=1S/C22H21N3O2/c1-15-2-4-16(5-3-15)22(26)25-10-11-27-20-8-6-17(12-19(20)14-25)18-7-9-21(23)24-13-18/h2-9,12-13H,10-11,14H2,1H3,(H2,23,24). The van der Waals surface area contributed by atoms with Crippen LogP contribution in [0.1, 0.15) is 21.5 Å². The van der Waals surface area contributed by atoms with Gasteiger partial charge >= 0.3 is 0 Å². The summed E-state index contributed by atoms with van der Waals surface area (Å²) < 4.78 is 5.86. The van der Waals surface area contributed by atoms with Crippen LogP contribution in [0.4, 0.5) is 5.82 Å². The number of amides is 1. The maximum atomic E-state index is 12.9. The molecule has 2 aromatic carbocycles. The number of carbonyl (C=O) groups excluding carboxylic acids is 1. The molecule has 0 aliphatic carbocycles. The van der Waals surface area contributed by atoms with Crippen molar-refractivity contribution in [2.24, 2.45) is 0 Å². The van der Waals surface area contributed by atoms with Crippen molar-refractivity contribution in [2.75, 3.05) is 18.9 Å². The van der Waals surface area contributed by atoms with Crippen LogP contribution in [0.5, 0.6) is 5.75 Å². The largest absolute Gasteiger partial charge is 0.491 e. The van der Waals surface area contributed by atoms with Crippen LogP contribution in [0.15, 0.2) is 60.8 Å². The molecule has 2 heterocycles. The quantitative estimate of drug-likeness (QED) is 0.758. The zero-order valence-electron chi connectivity index (χ0n) is 15.2. The second-order valence-electron chi connectivity index (χ2n) is 6.74. The lowest BCUT2D eigenvalue weighted by molar-refractivity contribution is 0.0733. The Labute approximate surface area is 158 Å². The Bertz CT molecular complexity index is 966. The summed E-state index contributed by atoms with van der Waals surface area (Å²) >= 11 is 0. The van der Waals surface area contributed by atoms with E-state index in [1.807, 2.05) is 54.3 Å². The van der Waals surface area contributed by atoms with Gasteiger partial charge < -0.3 is 15.4 Å². The summed E-state index contributed by atoms with van der Waals surface area (Å²) in [5, 5.41) is 0. The van der Waals surface area contributed by atoms with Gasteiger partial charge in [0.2, 0.25) is 0 Å². The maximum absolute atomic E-state index is 12.9. The van der Waals surface area contributed by atoms with Gasteiger partial charge in [0.25, 0.3) is 5.91 Å². The number of aryl methyl sites for hydroxylation is 1. The number of rotatable bonds is 2. The van der Waals surface area contributed by atoms with Crippen LogP contribution in [0, 0.1) is 6.92 Å². The average molecular weight is 359 g/mol. The highest BCUT2D eigenvalue weighted by Gasteiger charge is 2.21. The number of anilines is 1. The molecule has 3 aromatic rings. The van der Waals surface area contributed by atoms with Gasteiger partial charge in [-0.15, -0.1) is 0 Å². The van der Waals surface area contributed by atoms with E-state index in [9.17, 15) is 4.79 Å². The number of carbonyl (C=O) groups is 1. The third-order valence-corrected chi connectivity index (χ3v) is 4.75. The van der Waals surface area contributed by atoms with E-state index in [-0.39, 0.29) is 5.91 Å². The molecule has 4 rings (SSSR count). The lowest BCUT2D eigenvalue weighted by Gasteiger charge is -2.20. The third-order valence-electron chi connectivity index (χ3n) is 4.75. The molecule has 0 fully saturated rings. The zero-order chi connectivity index (χ0) is 18.8. The van der Waals surface area contributed by atoms with Crippen molar-refractivity contribution in [3.8, 4) is 16.9 Å². The summed E-state index contributed by atoms with van der Waals surface area (Å²) in [6.07, 6.45) is 1.75. The highest BCUT2D eigenvalue weighted by Crippen LogP contribution is 2.29. The van der Waals surface area contributed by atoms with Gasteiger partial charge in [0.15, 0.2) is 0 Å². The number of hydrogen-bond acceptors (Lipinski definition) is 4. The predicted octanol–water partition coefficient (Wildman–Crippen LogP) is 3.67. The highest BCUT2D eigenvalue weighted by atomic mass is 16.5. The van der Waals surface area contributed by atoms with Crippen molar-refractivity contribution >= 4 is 11.7 Å². The molecular formula is C22H21N3O2. The van der Waals surface area contributed by atoms with Crippen LogP contribution in [0.2, 0.25) is 0 Å². The molecule has 0 bridgehead atoms. The molecule has 0 saturated heterocycles. The summed E-state index contributed by atoms with van der Waals surface area (Å²) in [5.41, 5.74) is 10.5. The minimum absolute atomic E-state index is 0.0194. The molecule has 136 valence electrons. The smallest absolute Gasteiger partial charge is 0.254 e. The summed E-state index contributed by atoms with van der Waals surface area (Å²) in [7, 11) is 0. The van der Waals surface area contributed by atoms with Crippen LogP contribution in [-0.2, 0) is 6.54 Å². The topological polar surface area (TPSA) is 68.5 Å². The van der Waals surface area contributed by atoms with Crippen molar-refractivity contribution < 1.29 is 9.53 Å². The minimum Gasteiger partial charge on any atom is -0.491 e. The molecule has 5 nitrogen and oxygen atoms in total. The Hall–Kier alpha value is -3.34. The van der Waals surface area contributed by atoms with Crippen LogP contribution >= 0.6 is 0 Å². The number of fused-ring (bicyclic) bond motifs is 1. The van der Waals surface area contributed by atoms with E-state index < -0.39 is 0 Å². The molecule has 0 unspecified atom stereocenters. The minimum atomic E-state index is 0.0194. The third kappa shape index (κ3) is 3.62. The Morgan fingerprint density at radius 2 is 1.85 bits per heavy atom. The molecule has 1 aliphatic heterocycles. The fourth-order valence-corrected chi connectivity index (χ4v) is 3.20. The fourth-order valence-electron chi connectivity index (χ4n) is 3.20. The summed E-state index contributed by atoms with van der Waals surface area (Å²) in [5.74, 6) is 1.33. The lowest BCUT2D eigenvalue weighted by atomic mass is 10.0. The number of ether oxygens (including phenoxy) is 1. The first-order valence-electron chi connectivity index (χ1n) is 8.94. The molecule has 1 amide bonds. The Morgan fingerprint density at radius 1 is 1.07 bits per heavy atom. The molecule has 0 spiro atoms. The first kappa shape index (κ1) is 17.1. The number of nitrogens with zero attached hydrogens (tertiary/aromatic N) is 2. The average Bonchev–Trinajstić information content (AvgIpc) is 2.90. The van der Waals surface area contributed by atoms with Gasteiger partial charge in [-0.25, -0.2) is 4.98 Å². The number of benzene rings is 2. The lowest BCUT2D eigenvalue weighted by Crippen LogP contribution is -2.32. The molecular weight excluding hydrogens is 338 g/mol. The molecule has 27 heavy (non-hydrogen) atoms. The van der Waals surface area contributed by atoms with Crippen molar-refractivity contribution in [3.63, 3.8) is 0 Å². The van der Waals surface area contributed by atoms with Crippen LogP contribution < -0.4 is 10.5 Å². The van der Waals surface area contributed by atoms with Gasteiger partial charge in [-0.05, 0) is 48.9 Å². The zero-order valence-corrected chi connectivity index (χ0v) is 15.2. The van der Waals surface area contributed by atoms with Gasteiger partial charge in [0.1, 0.15) is 18.2 Å². The molecule has 0 saturated carbocycles. The first-order chi connectivity index (χ1) is 13.1. The summed E-state index contributed by atoms with van der Waals surface area (Å²) in [4.78, 5) is 18.9. The second kappa shape index (κ2) is 7.11. The van der Waals surface area contributed by atoms with Crippen molar-refractivity contribution in [2.45, 2.75) is 13.5 Å². The molecule has 2 N–H and O–H groups in total. The molecule has 0 radical (unpaired) electrons. The van der Waals surface area contributed by atoms with E-state index in [0.29, 0.717) is 31.1 Å². The number of nitrogens with two attached hydrogens (primary N) is 1. The van der Waals surface area contributed by atoms with Crippen molar-refractivity contribution in [1.29, 1.82) is 0 Å². The van der Waals surface area contributed by atoms with Gasteiger partial charge in [-0.3, -0.25) is 4.79 Å². The van der Waals surface area contributed by atoms with E-state index >= 15 is 0 Å². The predicted molar refractivity (Wildman–Crippen MR) is 105 cm³/mol. The van der Waals surface area contributed by atoms with E-state index in [4.69, 9.17) is 10.5 Å². The monoisotopic (exact) mass is 359 g/mol. The normalized spacial score (nSPS) is 13.4. The van der Waals surface area contributed by atoms with Gasteiger partial charge in [0.05, 0.1) is 6.54 Å².